The molecule has 0 saturated carbocycles. The second-order valence-electron chi connectivity index (χ2n) is 10.6. The molecule has 0 saturated heterocycles. The number of nitrogens with one attached hydrogen (secondary N) is 2. The maximum absolute atomic E-state index is 13.3. The van der Waals surface area contributed by atoms with Gasteiger partial charge < -0.3 is 31.1 Å². The number of phenols is 2. The number of aromatic hydroxyl groups is 2. The third kappa shape index (κ3) is 8.19. The number of aryl methyl sites for hydroxylation is 2. The Hall–Kier alpha value is -4.66. The molecule has 4 aromatic carbocycles. The molecule has 0 radical (unpaired) electrons. The number of aliphatic hydroxyl groups is 2. The smallest absolute Gasteiger partial charge is 0.251 e. The van der Waals surface area contributed by atoms with Crippen molar-refractivity contribution in [1.29, 1.82) is 0 Å². The normalized spacial score (nSPS) is 13.9. The van der Waals surface area contributed by atoms with Crippen molar-refractivity contribution in [1.82, 2.24) is 10.6 Å². The van der Waals surface area contributed by atoms with Crippen molar-refractivity contribution in [3.63, 3.8) is 0 Å². The molecule has 42 heavy (non-hydrogen) atoms. The lowest BCUT2D eigenvalue weighted by molar-refractivity contribution is -0.0219. The van der Waals surface area contributed by atoms with Gasteiger partial charge in [-0.2, -0.15) is 0 Å². The fourth-order valence-corrected chi connectivity index (χ4v) is 5.02. The quantitative estimate of drug-likeness (QED) is 0.163. The van der Waals surface area contributed by atoms with Crippen molar-refractivity contribution in [3.05, 3.63) is 130 Å². The number of carbonyl (C=O) groups excluding carboxylic acids is 2. The number of rotatable bonds is 11. The first kappa shape index (κ1) is 30.3. The van der Waals surface area contributed by atoms with Gasteiger partial charge in [-0.1, -0.05) is 60.7 Å². The minimum atomic E-state index is -1.49. The molecule has 4 aromatic rings. The third-order valence-electron chi connectivity index (χ3n) is 7.05. The Labute approximate surface area is 245 Å². The highest BCUT2D eigenvalue weighted by Crippen LogP contribution is 2.20. The molecule has 0 aliphatic heterocycles. The van der Waals surface area contributed by atoms with Crippen LogP contribution in [-0.2, 0) is 12.8 Å². The van der Waals surface area contributed by atoms with Gasteiger partial charge in [-0.15, -0.1) is 0 Å². The molecule has 8 heteroatoms. The summed E-state index contributed by atoms with van der Waals surface area (Å²) in [6.07, 6.45) is -2.60. The zero-order valence-corrected chi connectivity index (χ0v) is 23.6. The average molecular weight is 569 g/mol. The second-order valence-corrected chi connectivity index (χ2v) is 10.6. The van der Waals surface area contributed by atoms with E-state index in [4.69, 9.17) is 0 Å². The molecule has 0 aliphatic rings. The predicted octanol–water partition coefficient (Wildman–Crippen LogP) is 3.82. The van der Waals surface area contributed by atoms with E-state index in [0.717, 1.165) is 11.1 Å². The molecule has 0 aliphatic carbocycles. The number of amides is 2. The van der Waals surface area contributed by atoms with Gasteiger partial charge in [0.1, 0.15) is 23.7 Å². The van der Waals surface area contributed by atoms with Crippen molar-refractivity contribution in [3.8, 4) is 11.5 Å². The molecule has 0 unspecified atom stereocenters. The van der Waals surface area contributed by atoms with Gasteiger partial charge in [0.2, 0.25) is 0 Å². The zero-order valence-electron chi connectivity index (χ0n) is 23.6. The van der Waals surface area contributed by atoms with Crippen LogP contribution in [0.3, 0.4) is 0 Å². The first-order valence-corrected chi connectivity index (χ1v) is 13.8. The van der Waals surface area contributed by atoms with E-state index in [1.807, 2.05) is 60.7 Å². The van der Waals surface area contributed by atoms with Crippen LogP contribution in [0.15, 0.2) is 97.1 Å². The van der Waals surface area contributed by atoms with Crippen LogP contribution in [0.5, 0.6) is 11.5 Å². The molecule has 6 N–H and O–H groups in total. The summed E-state index contributed by atoms with van der Waals surface area (Å²) in [5.74, 6) is -1.18. The molecule has 4 rings (SSSR count). The standard InChI is InChI=1S/C34H36N2O6/c1-21-13-25(19-27(37)15-21)33(41)35-29(17-23-9-5-3-6-10-23)31(39)32(40)30(18-24-11-7-4-8-12-24)36-34(42)26-14-22(2)16-28(38)20-26/h3-16,19-20,29-32,37-40H,17-18H2,1-2H3,(H,35,41)(H,36,42)/t29-,30+,31-,32+. The van der Waals surface area contributed by atoms with E-state index in [1.165, 1.54) is 24.3 Å². The first-order valence-electron chi connectivity index (χ1n) is 13.8. The summed E-state index contributed by atoms with van der Waals surface area (Å²) in [6, 6.07) is 25.5. The van der Waals surface area contributed by atoms with Gasteiger partial charge in [-0.3, -0.25) is 9.59 Å². The van der Waals surface area contributed by atoms with E-state index in [9.17, 15) is 30.0 Å². The highest BCUT2D eigenvalue weighted by Gasteiger charge is 2.35. The summed E-state index contributed by atoms with van der Waals surface area (Å²) in [6.45, 7) is 3.50. The van der Waals surface area contributed by atoms with Crippen molar-refractivity contribution in [2.45, 2.75) is 51.0 Å². The minimum absolute atomic E-state index is 0.0619. The molecule has 4 atom stereocenters. The fourth-order valence-electron chi connectivity index (χ4n) is 5.02. The third-order valence-corrected chi connectivity index (χ3v) is 7.05. The Balaban J connectivity index is 1.63. The Bertz CT molecular complexity index is 1350. The molecule has 0 spiro atoms. The van der Waals surface area contributed by atoms with E-state index in [-0.39, 0.29) is 35.5 Å². The van der Waals surface area contributed by atoms with Crippen molar-refractivity contribution in [2.24, 2.45) is 0 Å². The van der Waals surface area contributed by atoms with Crippen LogP contribution in [0.2, 0.25) is 0 Å². The van der Waals surface area contributed by atoms with Gasteiger partial charge >= 0.3 is 0 Å². The van der Waals surface area contributed by atoms with E-state index >= 15 is 0 Å². The van der Waals surface area contributed by atoms with Gasteiger partial charge in [0.15, 0.2) is 0 Å². The predicted molar refractivity (Wildman–Crippen MR) is 161 cm³/mol. The summed E-state index contributed by atoms with van der Waals surface area (Å²) >= 11 is 0. The average Bonchev–Trinajstić information content (AvgIpc) is 2.95. The van der Waals surface area contributed by atoms with Crippen molar-refractivity contribution < 1.29 is 30.0 Å². The van der Waals surface area contributed by atoms with Crippen LogP contribution >= 0.6 is 0 Å². The van der Waals surface area contributed by atoms with Crippen LogP contribution in [0.4, 0.5) is 0 Å². The van der Waals surface area contributed by atoms with Gasteiger partial charge in [0.25, 0.3) is 11.8 Å². The topological polar surface area (TPSA) is 139 Å². The number of phenolic OH excluding ortho intramolecular Hbond substituents is 2. The number of hydrogen-bond donors (Lipinski definition) is 6. The van der Waals surface area contributed by atoms with Crippen LogP contribution in [0.25, 0.3) is 0 Å². The minimum Gasteiger partial charge on any atom is -0.508 e. The molecule has 2 amide bonds. The Morgan fingerprint density at radius 1 is 0.595 bits per heavy atom. The lowest BCUT2D eigenvalue weighted by atomic mass is 9.90. The van der Waals surface area contributed by atoms with Crippen LogP contribution in [0, 0.1) is 13.8 Å². The van der Waals surface area contributed by atoms with E-state index in [2.05, 4.69) is 10.6 Å². The summed E-state index contributed by atoms with van der Waals surface area (Å²) in [4.78, 5) is 26.5. The highest BCUT2D eigenvalue weighted by molar-refractivity contribution is 5.95. The molecular formula is C34H36N2O6. The Kier molecular flexibility index (Phi) is 9.96. The second kappa shape index (κ2) is 13.8. The monoisotopic (exact) mass is 568 g/mol. The van der Waals surface area contributed by atoms with Gasteiger partial charge in [0, 0.05) is 11.1 Å². The lowest BCUT2D eigenvalue weighted by Crippen LogP contribution is -2.57. The Morgan fingerprint density at radius 2 is 0.952 bits per heavy atom. The molecule has 0 aromatic heterocycles. The van der Waals surface area contributed by atoms with Crippen molar-refractivity contribution >= 4 is 11.8 Å². The summed E-state index contributed by atoms with van der Waals surface area (Å²) in [7, 11) is 0. The first-order chi connectivity index (χ1) is 20.1. The van der Waals surface area contributed by atoms with E-state index < -0.39 is 36.1 Å². The summed E-state index contributed by atoms with van der Waals surface area (Å²) in [5.41, 5.74) is 3.43. The molecule has 8 nitrogen and oxygen atoms in total. The van der Waals surface area contributed by atoms with Gasteiger partial charge in [-0.05, 0) is 85.3 Å². The van der Waals surface area contributed by atoms with Crippen LogP contribution in [-0.4, -0.2) is 56.5 Å². The largest absolute Gasteiger partial charge is 0.508 e. The van der Waals surface area contributed by atoms with Crippen LogP contribution in [0.1, 0.15) is 43.0 Å². The number of benzene rings is 4. The summed E-state index contributed by atoms with van der Waals surface area (Å²) < 4.78 is 0. The lowest BCUT2D eigenvalue weighted by Gasteiger charge is -2.33. The van der Waals surface area contributed by atoms with Gasteiger partial charge in [0.05, 0.1) is 12.1 Å². The zero-order chi connectivity index (χ0) is 30.2. The maximum atomic E-state index is 13.3. The van der Waals surface area contributed by atoms with Gasteiger partial charge in [-0.25, -0.2) is 0 Å². The van der Waals surface area contributed by atoms with Crippen molar-refractivity contribution in [2.75, 3.05) is 0 Å². The highest BCUT2D eigenvalue weighted by atomic mass is 16.3. The number of hydrogen-bond acceptors (Lipinski definition) is 6. The number of carbonyl (C=O) groups is 2. The molecule has 218 valence electrons. The molecular weight excluding hydrogens is 532 g/mol. The summed E-state index contributed by atoms with van der Waals surface area (Å²) in [5, 5.41) is 48.8. The maximum Gasteiger partial charge on any atom is 0.251 e. The molecule has 0 fully saturated rings. The van der Waals surface area contributed by atoms with E-state index in [1.54, 1.807) is 26.0 Å². The van der Waals surface area contributed by atoms with E-state index in [0.29, 0.717) is 11.1 Å². The Morgan fingerprint density at radius 3 is 1.29 bits per heavy atom. The SMILES string of the molecule is Cc1cc(O)cc(C(=O)N[C@@H](Cc2ccccc2)[C@H](O)[C@H](O)[C@@H](Cc2ccccc2)NC(=O)c2cc(C)cc(O)c2)c1. The fraction of sp³-hybridized carbons (Fsp3) is 0.235. The van der Waals surface area contributed by atoms with Crippen LogP contribution < -0.4 is 10.6 Å². The molecule has 0 heterocycles. The number of aliphatic hydroxyl groups excluding tert-OH is 2. The molecule has 0 bridgehead atoms.